The van der Waals surface area contributed by atoms with E-state index in [2.05, 4.69) is 16.9 Å². The summed E-state index contributed by atoms with van der Waals surface area (Å²) in [6.07, 6.45) is 15.2. The fourth-order valence-corrected chi connectivity index (χ4v) is 4.02. The Hall–Kier alpha value is -3.21. The van der Waals surface area contributed by atoms with Crippen molar-refractivity contribution >= 4 is 5.97 Å². The molecule has 0 aliphatic carbocycles. The number of hydrogen-bond donors (Lipinski definition) is 0. The standard InChI is InChI=1S/C31H40N2O3/c1-3-4-5-6-7-8-9-13-22-35-29-19-17-26(18-20-29)28-23-32-30(33-24-28)21-16-25(2)36-31(34)27-14-11-10-12-15-27/h10-12,14-15,17-20,23-25H,3-9,13,16,21-22H2,1-2H3. The van der Waals surface area contributed by atoms with Crippen LogP contribution in [0, 0.1) is 0 Å². The Labute approximate surface area is 216 Å². The summed E-state index contributed by atoms with van der Waals surface area (Å²) in [5.41, 5.74) is 2.60. The van der Waals surface area contributed by atoms with E-state index < -0.39 is 0 Å². The van der Waals surface area contributed by atoms with Gasteiger partial charge >= 0.3 is 5.97 Å². The summed E-state index contributed by atoms with van der Waals surface area (Å²) < 4.78 is 11.4. The molecule has 0 amide bonds. The van der Waals surface area contributed by atoms with Gasteiger partial charge in [0.1, 0.15) is 11.6 Å². The molecule has 1 atom stereocenters. The highest BCUT2D eigenvalue weighted by Crippen LogP contribution is 2.22. The Kier molecular flexibility index (Phi) is 12.0. The molecule has 1 aromatic heterocycles. The minimum Gasteiger partial charge on any atom is -0.494 e. The number of carbonyl (C=O) groups is 1. The van der Waals surface area contributed by atoms with Crippen LogP contribution < -0.4 is 4.74 Å². The second-order valence-corrected chi connectivity index (χ2v) is 9.36. The lowest BCUT2D eigenvalue weighted by Gasteiger charge is -2.13. The van der Waals surface area contributed by atoms with Crippen molar-refractivity contribution in [2.75, 3.05) is 6.61 Å². The quantitative estimate of drug-likeness (QED) is 0.152. The van der Waals surface area contributed by atoms with E-state index in [1.807, 2.05) is 61.8 Å². The van der Waals surface area contributed by atoms with Gasteiger partial charge in [-0.25, -0.2) is 14.8 Å². The molecule has 5 nitrogen and oxygen atoms in total. The highest BCUT2D eigenvalue weighted by Gasteiger charge is 2.12. The molecule has 1 unspecified atom stereocenters. The molecule has 2 aromatic carbocycles. The number of carbonyl (C=O) groups excluding carboxylic acids is 1. The Morgan fingerprint density at radius 2 is 1.44 bits per heavy atom. The minimum absolute atomic E-state index is 0.209. The molecule has 3 aromatic rings. The van der Waals surface area contributed by atoms with E-state index in [1.165, 1.54) is 44.9 Å². The average molecular weight is 489 g/mol. The first-order valence-corrected chi connectivity index (χ1v) is 13.5. The molecule has 5 heteroatoms. The van der Waals surface area contributed by atoms with Crippen molar-refractivity contribution in [3.63, 3.8) is 0 Å². The molecule has 192 valence electrons. The number of ether oxygens (including phenoxy) is 2. The molecule has 0 spiro atoms. The lowest BCUT2D eigenvalue weighted by molar-refractivity contribution is 0.0324. The Balaban J connectivity index is 1.35. The highest BCUT2D eigenvalue weighted by molar-refractivity contribution is 5.89. The molecule has 0 saturated carbocycles. The number of benzene rings is 2. The highest BCUT2D eigenvalue weighted by atomic mass is 16.5. The molecule has 0 bridgehead atoms. The van der Waals surface area contributed by atoms with Crippen LogP contribution in [0.15, 0.2) is 67.0 Å². The normalized spacial score (nSPS) is 11.7. The van der Waals surface area contributed by atoms with Gasteiger partial charge < -0.3 is 9.47 Å². The maximum atomic E-state index is 12.2. The minimum atomic E-state index is -0.301. The maximum absolute atomic E-state index is 12.2. The van der Waals surface area contributed by atoms with Gasteiger partial charge in [-0.3, -0.25) is 0 Å². The van der Waals surface area contributed by atoms with Gasteiger partial charge in [0.15, 0.2) is 0 Å². The zero-order valence-electron chi connectivity index (χ0n) is 21.8. The number of aromatic nitrogens is 2. The van der Waals surface area contributed by atoms with Crippen LogP contribution in [0.3, 0.4) is 0 Å². The van der Waals surface area contributed by atoms with E-state index in [1.54, 1.807) is 12.1 Å². The topological polar surface area (TPSA) is 61.3 Å². The van der Waals surface area contributed by atoms with Gasteiger partial charge in [0.25, 0.3) is 0 Å². The second-order valence-electron chi connectivity index (χ2n) is 9.36. The SMILES string of the molecule is CCCCCCCCCCOc1ccc(-c2cnc(CCC(C)OC(=O)c3ccccc3)nc2)cc1. The number of unbranched alkanes of at least 4 members (excludes halogenated alkanes) is 7. The Morgan fingerprint density at radius 3 is 2.11 bits per heavy atom. The molecular weight excluding hydrogens is 448 g/mol. The second kappa shape index (κ2) is 15.7. The summed E-state index contributed by atoms with van der Waals surface area (Å²) in [5.74, 6) is 1.34. The van der Waals surface area contributed by atoms with E-state index in [4.69, 9.17) is 9.47 Å². The summed E-state index contributed by atoms with van der Waals surface area (Å²) in [4.78, 5) is 21.2. The first kappa shape index (κ1) is 27.4. The summed E-state index contributed by atoms with van der Waals surface area (Å²) in [5, 5.41) is 0. The third kappa shape index (κ3) is 9.80. The van der Waals surface area contributed by atoms with E-state index in [0.29, 0.717) is 18.4 Å². The van der Waals surface area contributed by atoms with Gasteiger partial charge in [0.05, 0.1) is 18.3 Å². The average Bonchev–Trinajstić information content (AvgIpc) is 2.92. The van der Waals surface area contributed by atoms with Crippen LogP contribution in [0.2, 0.25) is 0 Å². The van der Waals surface area contributed by atoms with Gasteiger partial charge in [-0.15, -0.1) is 0 Å². The summed E-state index contributed by atoms with van der Waals surface area (Å²) in [6, 6.07) is 17.2. The van der Waals surface area contributed by atoms with Crippen molar-refractivity contribution in [2.24, 2.45) is 0 Å². The van der Waals surface area contributed by atoms with Crippen molar-refractivity contribution in [2.45, 2.75) is 84.2 Å². The van der Waals surface area contributed by atoms with Crippen LogP contribution in [0.1, 0.15) is 87.8 Å². The van der Waals surface area contributed by atoms with Crippen LogP contribution in [0.5, 0.6) is 5.75 Å². The van der Waals surface area contributed by atoms with E-state index >= 15 is 0 Å². The fourth-order valence-electron chi connectivity index (χ4n) is 4.02. The smallest absolute Gasteiger partial charge is 0.338 e. The molecule has 1 heterocycles. The van der Waals surface area contributed by atoms with E-state index in [-0.39, 0.29) is 12.1 Å². The van der Waals surface area contributed by atoms with Crippen LogP contribution in [0.25, 0.3) is 11.1 Å². The van der Waals surface area contributed by atoms with Crippen molar-refractivity contribution < 1.29 is 14.3 Å². The molecule has 0 aliphatic heterocycles. The monoisotopic (exact) mass is 488 g/mol. The van der Waals surface area contributed by atoms with Crippen molar-refractivity contribution in [1.82, 2.24) is 9.97 Å². The molecular formula is C31H40N2O3. The molecule has 0 N–H and O–H groups in total. The van der Waals surface area contributed by atoms with Crippen LogP contribution in [0.4, 0.5) is 0 Å². The van der Waals surface area contributed by atoms with E-state index in [9.17, 15) is 4.79 Å². The lowest BCUT2D eigenvalue weighted by Crippen LogP contribution is -2.16. The molecule has 3 rings (SSSR count). The van der Waals surface area contributed by atoms with Gasteiger partial charge in [-0.1, -0.05) is 82.2 Å². The van der Waals surface area contributed by atoms with Gasteiger partial charge in [0, 0.05) is 24.4 Å². The van der Waals surface area contributed by atoms with Crippen LogP contribution >= 0.6 is 0 Å². The fraction of sp³-hybridized carbons (Fsp3) is 0.452. The third-order valence-corrected chi connectivity index (χ3v) is 6.25. The van der Waals surface area contributed by atoms with Crippen molar-refractivity contribution in [3.8, 4) is 16.9 Å². The van der Waals surface area contributed by atoms with Crippen LogP contribution in [-0.2, 0) is 11.2 Å². The van der Waals surface area contributed by atoms with Gasteiger partial charge in [-0.2, -0.15) is 0 Å². The van der Waals surface area contributed by atoms with E-state index in [0.717, 1.165) is 35.7 Å². The predicted octanol–water partition coefficient (Wildman–Crippen LogP) is 7.84. The molecule has 0 fully saturated rings. The van der Waals surface area contributed by atoms with Gasteiger partial charge in [-0.05, 0) is 49.6 Å². The molecule has 0 radical (unpaired) electrons. The Morgan fingerprint density at radius 1 is 0.806 bits per heavy atom. The molecule has 36 heavy (non-hydrogen) atoms. The number of hydrogen-bond acceptors (Lipinski definition) is 5. The zero-order chi connectivity index (χ0) is 25.4. The summed E-state index contributed by atoms with van der Waals surface area (Å²) in [6.45, 7) is 4.92. The predicted molar refractivity (Wildman–Crippen MR) is 145 cm³/mol. The summed E-state index contributed by atoms with van der Waals surface area (Å²) in [7, 11) is 0. The largest absolute Gasteiger partial charge is 0.494 e. The van der Waals surface area contributed by atoms with Crippen molar-refractivity contribution in [1.29, 1.82) is 0 Å². The number of esters is 1. The first-order chi connectivity index (χ1) is 17.7. The Bertz CT molecular complexity index is 1000. The summed E-state index contributed by atoms with van der Waals surface area (Å²) >= 11 is 0. The number of nitrogens with zero attached hydrogens (tertiary/aromatic N) is 2. The third-order valence-electron chi connectivity index (χ3n) is 6.25. The first-order valence-electron chi connectivity index (χ1n) is 13.5. The number of aryl methyl sites for hydroxylation is 1. The number of rotatable bonds is 16. The van der Waals surface area contributed by atoms with Crippen LogP contribution in [-0.4, -0.2) is 28.6 Å². The molecule has 0 aliphatic rings. The van der Waals surface area contributed by atoms with Crippen molar-refractivity contribution in [3.05, 3.63) is 78.4 Å². The van der Waals surface area contributed by atoms with Gasteiger partial charge in [0.2, 0.25) is 0 Å². The maximum Gasteiger partial charge on any atom is 0.338 e. The lowest BCUT2D eigenvalue weighted by atomic mass is 10.1. The zero-order valence-corrected chi connectivity index (χ0v) is 21.8. The molecule has 0 saturated heterocycles.